The lowest BCUT2D eigenvalue weighted by molar-refractivity contribution is 0.230. The third-order valence-corrected chi connectivity index (χ3v) is 2.84. The van der Waals surface area contributed by atoms with Crippen molar-refractivity contribution in [3.63, 3.8) is 0 Å². The van der Waals surface area contributed by atoms with Crippen molar-refractivity contribution < 1.29 is 4.79 Å². The van der Waals surface area contributed by atoms with Gasteiger partial charge in [-0.1, -0.05) is 13.8 Å². The molecule has 0 saturated carbocycles. The molecule has 1 rings (SSSR count). The fourth-order valence-electron chi connectivity index (χ4n) is 1.36. The molecule has 0 aromatic carbocycles. The molecule has 1 aromatic heterocycles. The highest BCUT2D eigenvalue weighted by Gasteiger charge is 2.16. The molecule has 2 N–H and O–H groups in total. The maximum absolute atomic E-state index is 11.7. The first kappa shape index (κ1) is 13.5. The Morgan fingerprint density at radius 1 is 1.29 bits per heavy atom. The van der Waals surface area contributed by atoms with Gasteiger partial charge in [-0.3, -0.25) is 0 Å². The highest BCUT2D eigenvalue weighted by atomic mass is 16.2. The van der Waals surface area contributed by atoms with Crippen molar-refractivity contribution in [3.05, 3.63) is 12.2 Å². The Morgan fingerprint density at radius 3 is 2.41 bits per heavy atom. The van der Waals surface area contributed by atoms with Crippen molar-refractivity contribution in [3.8, 4) is 0 Å². The number of carbonyl (C=O) groups is 1. The molecule has 2 atom stereocenters. The molecule has 96 valence electrons. The summed E-state index contributed by atoms with van der Waals surface area (Å²) in [7, 11) is 1.85. The predicted molar refractivity (Wildman–Crippen MR) is 65.4 cm³/mol. The van der Waals surface area contributed by atoms with E-state index in [9.17, 15) is 4.79 Å². The van der Waals surface area contributed by atoms with Gasteiger partial charge in [0.25, 0.3) is 0 Å². The van der Waals surface area contributed by atoms with Crippen LogP contribution in [0.3, 0.4) is 0 Å². The summed E-state index contributed by atoms with van der Waals surface area (Å²) in [6.07, 6.45) is 1.61. The number of amides is 2. The van der Waals surface area contributed by atoms with Crippen molar-refractivity contribution in [2.45, 2.75) is 39.8 Å². The quantitative estimate of drug-likeness (QED) is 0.829. The SMILES string of the molecule is CC(C)[C@@H](C)NC(=O)N[C@@H](C)c1nncn1C. The molecule has 6 nitrogen and oxygen atoms in total. The molecular formula is C11H21N5O. The number of nitrogens with zero attached hydrogens (tertiary/aromatic N) is 3. The van der Waals surface area contributed by atoms with Crippen LogP contribution < -0.4 is 10.6 Å². The molecule has 0 spiro atoms. The molecule has 1 aromatic rings. The van der Waals surface area contributed by atoms with Crippen molar-refractivity contribution in [2.24, 2.45) is 13.0 Å². The zero-order valence-corrected chi connectivity index (χ0v) is 11.1. The van der Waals surface area contributed by atoms with Crippen molar-refractivity contribution >= 4 is 6.03 Å². The summed E-state index contributed by atoms with van der Waals surface area (Å²) in [4.78, 5) is 11.7. The van der Waals surface area contributed by atoms with E-state index in [0.717, 1.165) is 5.82 Å². The molecule has 1 heterocycles. The highest BCUT2D eigenvalue weighted by molar-refractivity contribution is 5.74. The second-order valence-corrected chi connectivity index (χ2v) is 4.67. The van der Waals surface area contributed by atoms with Gasteiger partial charge < -0.3 is 15.2 Å². The van der Waals surface area contributed by atoms with Gasteiger partial charge in [-0.15, -0.1) is 10.2 Å². The van der Waals surface area contributed by atoms with Gasteiger partial charge in [0.05, 0.1) is 6.04 Å². The Labute approximate surface area is 102 Å². The smallest absolute Gasteiger partial charge is 0.315 e. The van der Waals surface area contributed by atoms with Gasteiger partial charge in [0.15, 0.2) is 5.82 Å². The van der Waals surface area contributed by atoms with Crippen LogP contribution in [0.2, 0.25) is 0 Å². The summed E-state index contributed by atoms with van der Waals surface area (Å²) in [6, 6.07) is -0.203. The van der Waals surface area contributed by atoms with Gasteiger partial charge in [-0.05, 0) is 19.8 Å². The van der Waals surface area contributed by atoms with Crippen molar-refractivity contribution in [1.82, 2.24) is 25.4 Å². The van der Waals surface area contributed by atoms with Crippen molar-refractivity contribution in [1.29, 1.82) is 0 Å². The van der Waals surface area contributed by atoms with E-state index in [0.29, 0.717) is 5.92 Å². The van der Waals surface area contributed by atoms with Crippen LogP contribution >= 0.6 is 0 Å². The number of hydrogen-bond donors (Lipinski definition) is 2. The minimum atomic E-state index is -0.179. The van der Waals surface area contributed by atoms with Gasteiger partial charge in [0.2, 0.25) is 0 Å². The van der Waals surface area contributed by atoms with E-state index in [1.807, 2.05) is 20.9 Å². The van der Waals surface area contributed by atoms with E-state index in [4.69, 9.17) is 0 Å². The third kappa shape index (κ3) is 3.72. The minimum Gasteiger partial charge on any atom is -0.335 e. The first-order valence-electron chi connectivity index (χ1n) is 5.82. The monoisotopic (exact) mass is 239 g/mol. The number of nitrogens with one attached hydrogen (secondary N) is 2. The summed E-state index contributed by atoms with van der Waals surface area (Å²) in [6.45, 7) is 8.00. The number of rotatable bonds is 4. The fraction of sp³-hybridized carbons (Fsp3) is 0.727. The fourth-order valence-corrected chi connectivity index (χ4v) is 1.36. The van der Waals surface area contributed by atoms with Gasteiger partial charge in [-0.2, -0.15) is 0 Å². The standard InChI is InChI=1S/C11H21N5O/c1-7(2)8(3)13-11(17)14-9(4)10-15-12-6-16(10)5/h6-9H,1-5H3,(H2,13,14,17)/t8-,9+/m1/s1. The van der Waals surface area contributed by atoms with Crippen LogP contribution in [0, 0.1) is 5.92 Å². The topological polar surface area (TPSA) is 71.8 Å². The molecule has 0 fully saturated rings. The Bertz CT molecular complexity index is 374. The molecule has 0 unspecified atom stereocenters. The maximum atomic E-state index is 11.7. The first-order valence-corrected chi connectivity index (χ1v) is 5.82. The van der Waals surface area contributed by atoms with E-state index in [-0.39, 0.29) is 18.1 Å². The number of aromatic nitrogens is 3. The van der Waals surface area contributed by atoms with Crippen LogP contribution in [0.25, 0.3) is 0 Å². The molecule has 0 aliphatic heterocycles. The summed E-state index contributed by atoms with van der Waals surface area (Å²) in [5, 5.41) is 13.5. The van der Waals surface area contributed by atoms with E-state index in [1.54, 1.807) is 10.9 Å². The summed E-state index contributed by atoms with van der Waals surface area (Å²) in [5.41, 5.74) is 0. The largest absolute Gasteiger partial charge is 0.335 e. The van der Waals surface area contributed by atoms with Crippen LogP contribution in [0.5, 0.6) is 0 Å². The molecule has 0 bridgehead atoms. The van der Waals surface area contributed by atoms with E-state index >= 15 is 0 Å². The van der Waals surface area contributed by atoms with Gasteiger partial charge in [0, 0.05) is 13.1 Å². The average molecular weight is 239 g/mol. The van der Waals surface area contributed by atoms with Gasteiger partial charge in [-0.25, -0.2) is 4.79 Å². The third-order valence-electron chi connectivity index (χ3n) is 2.84. The molecule has 2 amide bonds. The lowest BCUT2D eigenvalue weighted by Crippen LogP contribution is -2.44. The molecule has 0 aliphatic rings. The minimum absolute atomic E-state index is 0.140. The zero-order chi connectivity index (χ0) is 13.0. The Hall–Kier alpha value is -1.59. The van der Waals surface area contributed by atoms with Crippen LogP contribution in [-0.2, 0) is 7.05 Å². The zero-order valence-electron chi connectivity index (χ0n) is 11.1. The van der Waals surface area contributed by atoms with Crippen LogP contribution in [0.15, 0.2) is 6.33 Å². The summed E-state index contributed by atoms with van der Waals surface area (Å²) in [5.74, 6) is 1.14. The normalized spacial score (nSPS) is 14.5. The Balaban J connectivity index is 2.49. The van der Waals surface area contributed by atoms with Gasteiger partial charge >= 0.3 is 6.03 Å². The molecule has 17 heavy (non-hydrogen) atoms. The molecule has 6 heteroatoms. The second kappa shape index (κ2) is 5.65. The average Bonchev–Trinajstić information content (AvgIpc) is 2.63. The predicted octanol–water partition coefficient (Wildman–Crippen LogP) is 1.22. The number of urea groups is 1. The number of carbonyl (C=O) groups excluding carboxylic acids is 1. The summed E-state index contributed by atoms with van der Waals surface area (Å²) >= 11 is 0. The van der Waals surface area contributed by atoms with Crippen LogP contribution in [0.4, 0.5) is 4.79 Å². The highest BCUT2D eigenvalue weighted by Crippen LogP contribution is 2.07. The molecule has 0 radical (unpaired) electrons. The Morgan fingerprint density at radius 2 is 1.94 bits per heavy atom. The van der Waals surface area contributed by atoms with E-state index in [1.165, 1.54) is 0 Å². The lowest BCUT2D eigenvalue weighted by Gasteiger charge is -2.20. The van der Waals surface area contributed by atoms with Crippen LogP contribution in [0.1, 0.15) is 39.6 Å². The molecule has 0 aliphatic carbocycles. The number of aryl methyl sites for hydroxylation is 1. The lowest BCUT2D eigenvalue weighted by atomic mass is 10.1. The Kier molecular flexibility index (Phi) is 4.48. The molecule has 0 saturated heterocycles. The summed E-state index contributed by atoms with van der Waals surface area (Å²) < 4.78 is 1.79. The molecular weight excluding hydrogens is 218 g/mol. The number of hydrogen-bond acceptors (Lipinski definition) is 3. The van der Waals surface area contributed by atoms with Gasteiger partial charge in [0.1, 0.15) is 6.33 Å². The first-order chi connectivity index (χ1) is 7.91. The van der Waals surface area contributed by atoms with E-state index in [2.05, 4.69) is 34.7 Å². The van der Waals surface area contributed by atoms with E-state index < -0.39 is 0 Å². The second-order valence-electron chi connectivity index (χ2n) is 4.67. The van der Waals surface area contributed by atoms with Crippen LogP contribution in [-0.4, -0.2) is 26.8 Å². The maximum Gasteiger partial charge on any atom is 0.315 e. The van der Waals surface area contributed by atoms with Crippen molar-refractivity contribution in [2.75, 3.05) is 0 Å².